The van der Waals surface area contributed by atoms with E-state index >= 15 is 0 Å². The van der Waals surface area contributed by atoms with Gasteiger partial charge in [0.25, 0.3) is 0 Å². The van der Waals surface area contributed by atoms with Gasteiger partial charge in [-0.3, -0.25) is 0 Å². The molecule has 2 heterocycles. The van der Waals surface area contributed by atoms with Crippen molar-refractivity contribution in [1.82, 2.24) is 0 Å². The molecule has 0 N–H and O–H groups in total. The molecule has 0 atom stereocenters. The Morgan fingerprint density at radius 2 is 0.930 bits per heavy atom. The monoisotopic (exact) mass is 745 g/mol. The third-order valence-electron chi connectivity index (χ3n) is 11.1. The number of hydrogen-bond donors (Lipinski definition) is 0. The van der Waals surface area contributed by atoms with Crippen LogP contribution >= 0.6 is 11.3 Å². The minimum atomic E-state index is 0.905. The number of fused-ring (bicyclic) bond motifs is 6. The Kier molecular flexibility index (Phi) is 8.04. The van der Waals surface area contributed by atoms with Crippen molar-refractivity contribution in [3.8, 4) is 44.5 Å². The average molecular weight is 746 g/mol. The van der Waals surface area contributed by atoms with Gasteiger partial charge >= 0.3 is 0 Å². The van der Waals surface area contributed by atoms with E-state index in [1.807, 2.05) is 23.5 Å². The van der Waals surface area contributed by atoms with E-state index in [4.69, 9.17) is 4.42 Å². The molecule has 0 spiro atoms. The van der Waals surface area contributed by atoms with Gasteiger partial charge in [0.2, 0.25) is 0 Å². The zero-order valence-electron chi connectivity index (χ0n) is 31.0. The van der Waals surface area contributed by atoms with Crippen LogP contribution in [0.25, 0.3) is 86.6 Å². The van der Waals surface area contributed by atoms with Crippen LogP contribution in [0, 0.1) is 0 Å². The van der Waals surface area contributed by atoms with E-state index in [2.05, 4.69) is 205 Å². The number of para-hydroxylation sites is 2. The highest BCUT2D eigenvalue weighted by atomic mass is 32.1. The van der Waals surface area contributed by atoms with E-state index < -0.39 is 0 Å². The second kappa shape index (κ2) is 13.8. The number of rotatable bonds is 7. The van der Waals surface area contributed by atoms with E-state index in [0.717, 1.165) is 50.1 Å². The average Bonchev–Trinajstić information content (AvgIpc) is 3.86. The van der Waals surface area contributed by atoms with Crippen molar-refractivity contribution in [2.45, 2.75) is 0 Å². The Bertz CT molecular complexity index is 3210. The summed E-state index contributed by atoms with van der Waals surface area (Å²) in [6.07, 6.45) is 0. The van der Waals surface area contributed by atoms with Gasteiger partial charge in [-0.25, -0.2) is 0 Å². The lowest BCUT2D eigenvalue weighted by molar-refractivity contribution is 0.670. The van der Waals surface area contributed by atoms with Gasteiger partial charge in [-0.2, -0.15) is 0 Å². The van der Waals surface area contributed by atoms with Gasteiger partial charge < -0.3 is 9.32 Å². The zero-order valence-corrected chi connectivity index (χ0v) is 31.8. The quantitative estimate of drug-likeness (QED) is 0.162. The molecule has 2 nitrogen and oxygen atoms in total. The summed E-state index contributed by atoms with van der Waals surface area (Å²) < 4.78 is 9.02. The maximum Gasteiger partial charge on any atom is 0.143 e. The number of furan rings is 1. The Morgan fingerprint density at radius 1 is 0.368 bits per heavy atom. The second-order valence-electron chi connectivity index (χ2n) is 14.5. The predicted molar refractivity (Wildman–Crippen MR) is 243 cm³/mol. The normalized spacial score (nSPS) is 11.5. The SMILES string of the molecule is c1ccc(-c2ccc(N(c3ccc(-c4cccc5c4oc4ccccc45)cc3)c3ccc4sc5ccccc5c4c3-c3cccc(-c4ccccc4)c3)cc2)cc1. The van der Waals surface area contributed by atoms with Gasteiger partial charge in [-0.1, -0.05) is 158 Å². The molecule has 3 heteroatoms. The standard InChI is InChI=1S/C54H35NOS/c1-3-13-36(14-4-1)38-25-29-42(30-26-38)55(43-31-27-39(28-32-43)44-21-12-22-46-45-19-7-9-23-49(45)56-54(44)46)48-33-34-51-53(47-20-8-10-24-50(47)57-51)52(48)41-18-11-17-40(35-41)37-15-5-2-6-16-37/h1-35H. The van der Waals surface area contributed by atoms with Crippen molar-refractivity contribution >= 4 is 70.5 Å². The zero-order chi connectivity index (χ0) is 37.7. The van der Waals surface area contributed by atoms with Crippen molar-refractivity contribution < 1.29 is 4.42 Å². The minimum Gasteiger partial charge on any atom is -0.455 e. The van der Waals surface area contributed by atoms with Gasteiger partial charge in [0.1, 0.15) is 11.2 Å². The van der Waals surface area contributed by atoms with Crippen LogP contribution < -0.4 is 4.90 Å². The molecule has 11 aromatic rings. The van der Waals surface area contributed by atoms with Crippen molar-refractivity contribution in [3.05, 3.63) is 212 Å². The first-order chi connectivity index (χ1) is 28.3. The van der Waals surface area contributed by atoms with Gasteiger partial charge in [0.05, 0.1) is 5.69 Å². The lowest BCUT2D eigenvalue weighted by Gasteiger charge is -2.29. The molecule has 0 aliphatic carbocycles. The van der Waals surface area contributed by atoms with E-state index in [0.29, 0.717) is 0 Å². The Balaban J connectivity index is 1.13. The molecule has 11 rings (SSSR count). The van der Waals surface area contributed by atoms with Crippen LogP contribution in [0.4, 0.5) is 17.1 Å². The minimum absolute atomic E-state index is 0.905. The fourth-order valence-electron chi connectivity index (χ4n) is 8.39. The third-order valence-corrected chi connectivity index (χ3v) is 12.2. The number of nitrogens with zero attached hydrogens (tertiary/aromatic N) is 1. The van der Waals surface area contributed by atoms with Crippen molar-refractivity contribution in [2.24, 2.45) is 0 Å². The molecule has 0 amide bonds. The summed E-state index contributed by atoms with van der Waals surface area (Å²) in [6, 6.07) is 76.4. The lowest BCUT2D eigenvalue weighted by Crippen LogP contribution is -2.11. The summed E-state index contributed by atoms with van der Waals surface area (Å²) in [5.41, 5.74) is 14.5. The third kappa shape index (κ3) is 5.80. The summed E-state index contributed by atoms with van der Waals surface area (Å²) in [5.74, 6) is 0. The smallest absolute Gasteiger partial charge is 0.143 e. The van der Waals surface area contributed by atoms with Crippen LogP contribution in [-0.2, 0) is 0 Å². The van der Waals surface area contributed by atoms with Crippen molar-refractivity contribution in [3.63, 3.8) is 0 Å². The van der Waals surface area contributed by atoms with Crippen LogP contribution in [0.2, 0.25) is 0 Å². The summed E-state index contributed by atoms with van der Waals surface area (Å²) in [6.45, 7) is 0. The number of benzene rings is 9. The summed E-state index contributed by atoms with van der Waals surface area (Å²) in [7, 11) is 0. The number of thiophene rings is 1. The van der Waals surface area contributed by atoms with Gasteiger partial charge in [-0.05, 0) is 88.0 Å². The van der Waals surface area contributed by atoms with Crippen molar-refractivity contribution in [2.75, 3.05) is 4.90 Å². The van der Waals surface area contributed by atoms with E-state index in [9.17, 15) is 0 Å². The lowest BCUT2D eigenvalue weighted by atomic mass is 9.93. The maximum absolute atomic E-state index is 6.47. The molecule has 0 fully saturated rings. The van der Waals surface area contributed by atoms with Crippen LogP contribution in [0.5, 0.6) is 0 Å². The highest BCUT2D eigenvalue weighted by Crippen LogP contribution is 2.49. The topological polar surface area (TPSA) is 16.4 Å². The number of hydrogen-bond acceptors (Lipinski definition) is 3. The Morgan fingerprint density at radius 3 is 1.68 bits per heavy atom. The van der Waals surface area contributed by atoms with Crippen molar-refractivity contribution in [1.29, 1.82) is 0 Å². The molecule has 9 aromatic carbocycles. The van der Waals surface area contributed by atoms with Gasteiger partial charge in [0, 0.05) is 53.4 Å². The molecule has 0 radical (unpaired) electrons. The van der Waals surface area contributed by atoms with Crippen LogP contribution in [-0.4, -0.2) is 0 Å². The first-order valence-corrected chi connectivity index (χ1v) is 20.1. The fourth-order valence-corrected chi connectivity index (χ4v) is 9.51. The van der Waals surface area contributed by atoms with Crippen LogP contribution in [0.3, 0.4) is 0 Å². The van der Waals surface area contributed by atoms with Gasteiger partial charge in [0.15, 0.2) is 0 Å². The Hall–Kier alpha value is -7.20. The summed E-state index contributed by atoms with van der Waals surface area (Å²) >= 11 is 1.86. The number of anilines is 3. The largest absolute Gasteiger partial charge is 0.455 e. The summed E-state index contributed by atoms with van der Waals surface area (Å²) in [4.78, 5) is 2.43. The predicted octanol–water partition coefficient (Wildman–Crippen LogP) is 16.1. The molecular weight excluding hydrogens is 711 g/mol. The Labute approximate surface area is 335 Å². The summed E-state index contributed by atoms with van der Waals surface area (Å²) in [5, 5.41) is 4.81. The molecule has 0 unspecified atom stereocenters. The van der Waals surface area contributed by atoms with Crippen LogP contribution in [0.1, 0.15) is 0 Å². The first kappa shape index (κ1) is 33.2. The van der Waals surface area contributed by atoms with Gasteiger partial charge in [-0.15, -0.1) is 11.3 Å². The van der Waals surface area contributed by atoms with E-state index in [-0.39, 0.29) is 0 Å². The highest BCUT2D eigenvalue weighted by Gasteiger charge is 2.23. The highest BCUT2D eigenvalue weighted by molar-refractivity contribution is 7.26. The molecular formula is C54H35NOS. The van der Waals surface area contributed by atoms with E-state index in [1.54, 1.807) is 0 Å². The first-order valence-electron chi connectivity index (χ1n) is 19.3. The molecule has 0 saturated carbocycles. The molecule has 0 aliphatic rings. The molecule has 0 bridgehead atoms. The molecule has 2 aromatic heterocycles. The molecule has 0 saturated heterocycles. The molecule has 57 heavy (non-hydrogen) atoms. The fraction of sp³-hybridized carbons (Fsp3) is 0. The van der Waals surface area contributed by atoms with E-state index in [1.165, 1.54) is 53.6 Å². The van der Waals surface area contributed by atoms with Crippen LogP contribution in [0.15, 0.2) is 217 Å². The molecule has 0 aliphatic heterocycles. The second-order valence-corrected chi connectivity index (χ2v) is 15.5. The molecule has 268 valence electrons. The maximum atomic E-state index is 6.47.